The third kappa shape index (κ3) is 6.61. The highest BCUT2D eigenvalue weighted by Crippen LogP contribution is 2.21. The highest BCUT2D eigenvalue weighted by atomic mass is 16.6. The van der Waals surface area contributed by atoms with Crippen LogP contribution in [0.4, 0.5) is 4.79 Å². The van der Waals surface area contributed by atoms with E-state index in [0.29, 0.717) is 19.6 Å². The molecule has 5 heteroatoms. The van der Waals surface area contributed by atoms with Gasteiger partial charge < -0.3 is 19.5 Å². The predicted octanol–water partition coefficient (Wildman–Crippen LogP) is 4.10. The molecule has 2 atom stereocenters. The topological polar surface area (TPSA) is 60.1 Å². The lowest BCUT2D eigenvalue weighted by Gasteiger charge is -2.23. The van der Waals surface area contributed by atoms with Gasteiger partial charge in [-0.05, 0) is 50.5 Å². The highest BCUT2D eigenvalue weighted by Gasteiger charge is 2.34. The Balaban J connectivity index is 1.53. The van der Waals surface area contributed by atoms with Crippen LogP contribution in [0, 0.1) is 0 Å². The average molecular weight is 369 g/mol. The first-order chi connectivity index (χ1) is 12.9. The van der Waals surface area contributed by atoms with Gasteiger partial charge in [0.05, 0.1) is 12.6 Å². The molecule has 1 fully saturated rings. The van der Waals surface area contributed by atoms with Crippen molar-refractivity contribution in [2.24, 2.45) is 0 Å². The molecule has 0 aromatic heterocycles. The number of hydrogen-bond donors (Lipinski definition) is 1. The van der Waals surface area contributed by atoms with Crippen molar-refractivity contribution >= 4 is 6.09 Å². The second-order valence-electron chi connectivity index (χ2n) is 7.75. The quantitative estimate of drug-likeness (QED) is 0.747. The van der Waals surface area contributed by atoms with Crippen LogP contribution >= 0.6 is 0 Å². The molecule has 5 nitrogen and oxygen atoms in total. The van der Waals surface area contributed by atoms with Crippen LogP contribution in [0.3, 0.4) is 0 Å². The van der Waals surface area contributed by atoms with Gasteiger partial charge in [0.1, 0.15) is 24.1 Å². The summed E-state index contributed by atoms with van der Waals surface area (Å²) in [5, 5.41) is 2.93. The SMILES string of the molecule is CC(C)(C)OC(=O)N[C@@H](Cc1ccc(OCc2ccccc2)cc1)[C@H]1CO1. The molecular weight excluding hydrogens is 342 g/mol. The number of carbonyl (C=O) groups is 1. The van der Waals surface area contributed by atoms with Crippen molar-refractivity contribution in [3.05, 3.63) is 65.7 Å². The Morgan fingerprint density at radius 2 is 1.78 bits per heavy atom. The van der Waals surface area contributed by atoms with Crippen molar-refractivity contribution in [1.29, 1.82) is 0 Å². The Morgan fingerprint density at radius 3 is 2.37 bits per heavy atom. The number of ether oxygens (including phenoxy) is 3. The smallest absolute Gasteiger partial charge is 0.407 e. The summed E-state index contributed by atoms with van der Waals surface area (Å²) >= 11 is 0. The molecule has 0 bridgehead atoms. The van der Waals surface area contributed by atoms with Crippen LogP contribution < -0.4 is 10.1 Å². The Kier molecular flexibility index (Phi) is 6.01. The maximum Gasteiger partial charge on any atom is 0.407 e. The van der Waals surface area contributed by atoms with Gasteiger partial charge >= 0.3 is 6.09 Å². The van der Waals surface area contributed by atoms with Gasteiger partial charge in [0.25, 0.3) is 0 Å². The molecule has 0 radical (unpaired) electrons. The van der Waals surface area contributed by atoms with E-state index in [4.69, 9.17) is 14.2 Å². The summed E-state index contributed by atoms with van der Waals surface area (Å²) < 4.78 is 16.6. The molecule has 1 aliphatic rings. The van der Waals surface area contributed by atoms with Gasteiger partial charge in [-0.1, -0.05) is 42.5 Å². The minimum Gasteiger partial charge on any atom is -0.489 e. The molecule has 144 valence electrons. The summed E-state index contributed by atoms with van der Waals surface area (Å²) in [6.07, 6.45) is 0.320. The molecule has 1 N–H and O–H groups in total. The third-order valence-electron chi connectivity index (χ3n) is 4.14. The minimum atomic E-state index is -0.517. The zero-order valence-corrected chi connectivity index (χ0v) is 16.1. The van der Waals surface area contributed by atoms with Crippen molar-refractivity contribution < 1.29 is 19.0 Å². The van der Waals surface area contributed by atoms with Crippen LogP contribution in [0.1, 0.15) is 31.9 Å². The van der Waals surface area contributed by atoms with Gasteiger partial charge in [-0.15, -0.1) is 0 Å². The summed E-state index contributed by atoms with van der Waals surface area (Å²) in [5.74, 6) is 0.821. The first-order valence-electron chi connectivity index (χ1n) is 9.26. The molecule has 2 aromatic rings. The largest absolute Gasteiger partial charge is 0.489 e. The minimum absolute atomic E-state index is 0.0477. The summed E-state index contributed by atoms with van der Waals surface area (Å²) in [6.45, 7) is 6.76. The van der Waals surface area contributed by atoms with Crippen LogP contribution in [0.15, 0.2) is 54.6 Å². The number of amides is 1. The molecule has 1 heterocycles. The van der Waals surface area contributed by atoms with E-state index in [-0.39, 0.29) is 12.1 Å². The summed E-state index contributed by atoms with van der Waals surface area (Å²) in [7, 11) is 0. The first-order valence-corrected chi connectivity index (χ1v) is 9.26. The normalized spacial score (nSPS) is 17.1. The van der Waals surface area contributed by atoms with Gasteiger partial charge in [0.15, 0.2) is 0 Å². The van der Waals surface area contributed by atoms with E-state index in [9.17, 15) is 4.79 Å². The fraction of sp³-hybridized carbons (Fsp3) is 0.409. The van der Waals surface area contributed by atoms with Crippen molar-refractivity contribution in [1.82, 2.24) is 5.32 Å². The van der Waals surface area contributed by atoms with E-state index < -0.39 is 11.7 Å². The summed E-state index contributed by atoms with van der Waals surface area (Å²) in [5.41, 5.74) is 1.73. The van der Waals surface area contributed by atoms with Gasteiger partial charge in [-0.2, -0.15) is 0 Å². The van der Waals surface area contributed by atoms with E-state index in [1.54, 1.807) is 0 Å². The van der Waals surface area contributed by atoms with E-state index in [1.807, 2.05) is 75.4 Å². The maximum atomic E-state index is 12.1. The Bertz CT molecular complexity index is 733. The van der Waals surface area contributed by atoms with Crippen LogP contribution in [0.5, 0.6) is 5.75 Å². The number of rotatable bonds is 7. The molecule has 2 aromatic carbocycles. The van der Waals surface area contributed by atoms with Crippen LogP contribution in [-0.4, -0.2) is 30.4 Å². The van der Waals surface area contributed by atoms with Crippen LogP contribution in [0.25, 0.3) is 0 Å². The van der Waals surface area contributed by atoms with Gasteiger partial charge in [0, 0.05) is 0 Å². The fourth-order valence-electron chi connectivity index (χ4n) is 2.74. The molecule has 0 saturated carbocycles. The standard InChI is InChI=1S/C22H27NO4/c1-22(2,3)27-21(24)23-19(20-15-26-20)13-16-9-11-18(12-10-16)25-14-17-7-5-4-6-8-17/h4-12,19-20H,13-15H2,1-3H3,(H,23,24)/t19-,20+/m0/s1. The molecule has 1 aliphatic heterocycles. The van der Waals surface area contributed by atoms with E-state index in [0.717, 1.165) is 16.9 Å². The van der Waals surface area contributed by atoms with Crippen molar-refractivity contribution in [3.8, 4) is 5.75 Å². The van der Waals surface area contributed by atoms with E-state index >= 15 is 0 Å². The number of carbonyl (C=O) groups excluding carboxylic acids is 1. The molecule has 27 heavy (non-hydrogen) atoms. The lowest BCUT2D eigenvalue weighted by Crippen LogP contribution is -2.43. The first kappa shape index (κ1) is 19.2. The third-order valence-corrected chi connectivity index (χ3v) is 4.14. The molecule has 3 rings (SSSR count). The van der Waals surface area contributed by atoms with Gasteiger partial charge in [0.2, 0.25) is 0 Å². The maximum absolute atomic E-state index is 12.1. The zero-order chi connectivity index (χ0) is 19.3. The molecule has 1 amide bonds. The number of benzene rings is 2. The fourth-order valence-corrected chi connectivity index (χ4v) is 2.74. The second kappa shape index (κ2) is 8.44. The lowest BCUT2D eigenvalue weighted by atomic mass is 10.0. The molecular formula is C22H27NO4. The second-order valence-corrected chi connectivity index (χ2v) is 7.75. The van der Waals surface area contributed by atoms with Crippen molar-refractivity contribution in [2.45, 2.75) is 51.5 Å². The van der Waals surface area contributed by atoms with Gasteiger partial charge in [-0.25, -0.2) is 4.79 Å². The Labute approximate surface area is 160 Å². The molecule has 0 aliphatic carbocycles. The molecule has 0 spiro atoms. The monoisotopic (exact) mass is 369 g/mol. The average Bonchev–Trinajstić information content (AvgIpc) is 3.45. The van der Waals surface area contributed by atoms with Crippen molar-refractivity contribution in [3.63, 3.8) is 0 Å². The lowest BCUT2D eigenvalue weighted by molar-refractivity contribution is 0.0495. The highest BCUT2D eigenvalue weighted by molar-refractivity contribution is 5.68. The van der Waals surface area contributed by atoms with E-state index in [2.05, 4.69) is 5.32 Å². The van der Waals surface area contributed by atoms with E-state index in [1.165, 1.54) is 0 Å². The Hall–Kier alpha value is -2.53. The Morgan fingerprint density at radius 1 is 1.11 bits per heavy atom. The summed E-state index contributed by atoms with van der Waals surface area (Å²) in [6, 6.07) is 17.9. The number of nitrogens with one attached hydrogen (secondary N) is 1. The zero-order valence-electron chi connectivity index (χ0n) is 16.1. The van der Waals surface area contributed by atoms with Crippen molar-refractivity contribution in [2.75, 3.05) is 6.61 Å². The van der Waals surface area contributed by atoms with Crippen LogP contribution in [0.2, 0.25) is 0 Å². The van der Waals surface area contributed by atoms with Crippen LogP contribution in [-0.2, 0) is 22.5 Å². The summed E-state index contributed by atoms with van der Waals surface area (Å²) in [4.78, 5) is 12.1. The number of hydrogen-bond acceptors (Lipinski definition) is 4. The molecule has 1 saturated heterocycles. The predicted molar refractivity (Wildman–Crippen MR) is 104 cm³/mol. The van der Waals surface area contributed by atoms with Gasteiger partial charge in [-0.3, -0.25) is 0 Å². The number of alkyl carbamates (subject to hydrolysis) is 1. The number of epoxide rings is 1. The molecule has 0 unspecified atom stereocenters.